The number of pyridine rings is 1. The van der Waals surface area contributed by atoms with Crippen LogP contribution in [0.2, 0.25) is 0 Å². The van der Waals surface area contributed by atoms with Crippen molar-refractivity contribution in [2.45, 2.75) is 45.2 Å². The molecule has 3 atom stereocenters. The number of carbonyl (C=O) groups is 1. The largest absolute Gasteiger partial charge is 0.416 e. The summed E-state index contributed by atoms with van der Waals surface area (Å²) in [6.07, 6.45) is -0.949. The number of alkyl halides is 3. The van der Waals surface area contributed by atoms with Gasteiger partial charge in [0.2, 0.25) is 0 Å². The molecule has 0 bridgehead atoms. The number of halogens is 3. The highest BCUT2D eigenvalue weighted by molar-refractivity contribution is 5.93. The summed E-state index contributed by atoms with van der Waals surface area (Å²) in [5.74, 6) is -0.149. The first-order valence-electron chi connectivity index (χ1n) is 11.5. The lowest BCUT2D eigenvalue weighted by molar-refractivity contribution is -0.137. The van der Waals surface area contributed by atoms with Crippen molar-refractivity contribution in [1.82, 2.24) is 19.0 Å². The molecule has 3 unspecified atom stereocenters. The molecule has 2 aliphatic rings. The Kier molecular flexibility index (Phi) is 5.79. The van der Waals surface area contributed by atoms with Crippen molar-refractivity contribution >= 4 is 5.91 Å². The Balaban J connectivity index is 1.29. The van der Waals surface area contributed by atoms with Crippen LogP contribution >= 0.6 is 0 Å². The predicted octanol–water partition coefficient (Wildman–Crippen LogP) is 3.98. The van der Waals surface area contributed by atoms with Gasteiger partial charge in [-0.25, -0.2) is 4.98 Å². The summed E-state index contributed by atoms with van der Waals surface area (Å²) in [5, 5.41) is 0. The Morgan fingerprint density at radius 1 is 1.09 bits per heavy atom. The van der Waals surface area contributed by atoms with Crippen molar-refractivity contribution in [1.29, 1.82) is 0 Å². The van der Waals surface area contributed by atoms with E-state index in [-0.39, 0.29) is 29.6 Å². The van der Waals surface area contributed by atoms with E-state index in [9.17, 15) is 22.8 Å². The summed E-state index contributed by atoms with van der Waals surface area (Å²) >= 11 is 0. The lowest BCUT2D eigenvalue weighted by Crippen LogP contribution is -2.47. The van der Waals surface area contributed by atoms with Gasteiger partial charge in [0.15, 0.2) is 0 Å². The summed E-state index contributed by atoms with van der Waals surface area (Å²) < 4.78 is 48.0. The number of rotatable bonds is 4. The molecule has 2 aliphatic heterocycles. The molecule has 7 nitrogen and oxygen atoms in total. The monoisotopic (exact) mass is 486 g/mol. The van der Waals surface area contributed by atoms with Crippen molar-refractivity contribution in [3.8, 4) is 5.69 Å². The number of imidazole rings is 1. The van der Waals surface area contributed by atoms with E-state index >= 15 is 0 Å². The van der Waals surface area contributed by atoms with E-state index in [0.29, 0.717) is 43.0 Å². The Morgan fingerprint density at radius 2 is 1.83 bits per heavy atom. The third-order valence-electron chi connectivity index (χ3n) is 6.72. The second kappa shape index (κ2) is 8.67. The maximum absolute atomic E-state index is 13.2. The van der Waals surface area contributed by atoms with E-state index in [1.807, 2.05) is 13.8 Å². The van der Waals surface area contributed by atoms with E-state index in [4.69, 9.17) is 4.74 Å². The number of carbonyl (C=O) groups excluding carboxylic acids is 1. The predicted molar refractivity (Wildman–Crippen MR) is 121 cm³/mol. The molecule has 0 saturated carbocycles. The minimum Gasteiger partial charge on any atom is -0.368 e. The van der Waals surface area contributed by atoms with Crippen LogP contribution in [0.1, 0.15) is 46.8 Å². The fourth-order valence-electron chi connectivity index (χ4n) is 4.95. The minimum atomic E-state index is -4.38. The molecule has 5 rings (SSSR count). The van der Waals surface area contributed by atoms with Gasteiger partial charge in [-0.1, -0.05) is 19.1 Å². The number of hydrogen-bond acceptors (Lipinski definition) is 4. The van der Waals surface area contributed by atoms with Gasteiger partial charge in [0.25, 0.3) is 11.5 Å². The smallest absolute Gasteiger partial charge is 0.368 e. The molecule has 0 radical (unpaired) electrons. The van der Waals surface area contributed by atoms with Crippen molar-refractivity contribution in [2.24, 2.45) is 5.92 Å². The molecule has 10 heteroatoms. The molecule has 35 heavy (non-hydrogen) atoms. The summed E-state index contributed by atoms with van der Waals surface area (Å²) in [4.78, 5) is 32.0. The van der Waals surface area contributed by atoms with Crippen LogP contribution in [0.25, 0.3) is 5.69 Å². The fraction of sp³-hybridized carbons (Fsp3) is 0.400. The topological polar surface area (TPSA) is 69.4 Å². The van der Waals surface area contributed by atoms with Gasteiger partial charge in [0.05, 0.1) is 29.8 Å². The molecule has 1 fully saturated rings. The number of aromatic nitrogens is 3. The van der Waals surface area contributed by atoms with Gasteiger partial charge in [0.1, 0.15) is 11.4 Å². The molecule has 4 heterocycles. The van der Waals surface area contributed by atoms with Crippen LogP contribution in [0.5, 0.6) is 0 Å². The second-order valence-electron chi connectivity index (χ2n) is 9.25. The Labute approximate surface area is 199 Å². The van der Waals surface area contributed by atoms with Gasteiger partial charge in [-0.3, -0.25) is 9.59 Å². The summed E-state index contributed by atoms with van der Waals surface area (Å²) in [6.45, 7) is 4.93. The van der Waals surface area contributed by atoms with Crippen LogP contribution in [-0.2, 0) is 17.5 Å². The fourth-order valence-corrected chi connectivity index (χ4v) is 4.95. The van der Waals surface area contributed by atoms with Crippen LogP contribution in [0, 0.1) is 12.8 Å². The number of amides is 1. The minimum absolute atomic E-state index is 0.0905. The molecule has 1 aromatic carbocycles. The van der Waals surface area contributed by atoms with Crippen LogP contribution < -0.4 is 5.56 Å². The maximum Gasteiger partial charge on any atom is 0.416 e. The zero-order chi connectivity index (χ0) is 24.9. The highest BCUT2D eigenvalue weighted by Gasteiger charge is 2.37. The number of aryl methyl sites for hydroxylation is 1. The first-order valence-corrected chi connectivity index (χ1v) is 11.5. The molecule has 184 valence electrons. The third-order valence-corrected chi connectivity index (χ3v) is 6.72. The van der Waals surface area contributed by atoms with Crippen molar-refractivity contribution in [3.63, 3.8) is 0 Å². The second-order valence-corrected chi connectivity index (χ2v) is 9.25. The lowest BCUT2D eigenvalue weighted by atomic mass is 9.95. The molecule has 0 aliphatic carbocycles. The quantitative estimate of drug-likeness (QED) is 0.560. The van der Waals surface area contributed by atoms with E-state index in [0.717, 1.165) is 17.8 Å². The van der Waals surface area contributed by atoms with Gasteiger partial charge in [-0.2, -0.15) is 13.2 Å². The van der Waals surface area contributed by atoms with Gasteiger partial charge < -0.3 is 18.8 Å². The maximum atomic E-state index is 13.2. The molecule has 1 saturated heterocycles. The number of benzene rings is 1. The van der Waals surface area contributed by atoms with E-state index in [2.05, 4.69) is 4.98 Å². The van der Waals surface area contributed by atoms with Gasteiger partial charge in [-0.05, 0) is 49.1 Å². The number of ether oxygens (including phenoxy) is 1. The summed E-state index contributed by atoms with van der Waals surface area (Å²) in [6, 6.07) is 8.35. The molecule has 0 N–H and O–H groups in total. The average molecular weight is 486 g/mol. The zero-order valence-corrected chi connectivity index (χ0v) is 19.3. The van der Waals surface area contributed by atoms with Crippen LogP contribution in [0.3, 0.4) is 0 Å². The average Bonchev–Trinajstić information content (AvgIpc) is 3.40. The summed E-state index contributed by atoms with van der Waals surface area (Å²) in [7, 11) is 0. The molecular weight excluding hydrogens is 461 g/mol. The van der Waals surface area contributed by atoms with Gasteiger partial charge >= 0.3 is 6.18 Å². The first kappa shape index (κ1) is 23.3. The lowest BCUT2D eigenvalue weighted by Gasteiger charge is -2.31. The van der Waals surface area contributed by atoms with Crippen molar-refractivity contribution in [3.05, 3.63) is 81.8 Å². The van der Waals surface area contributed by atoms with Crippen LogP contribution in [0.4, 0.5) is 13.2 Å². The molecular formula is C25H25F3N4O3. The van der Waals surface area contributed by atoms with Crippen LogP contribution in [-0.4, -0.2) is 44.1 Å². The third kappa shape index (κ3) is 4.38. The van der Waals surface area contributed by atoms with E-state index in [1.54, 1.807) is 34.1 Å². The van der Waals surface area contributed by atoms with Gasteiger partial charge in [-0.15, -0.1) is 0 Å². The molecule has 2 aromatic heterocycles. The highest BCUT2D eigenvalue weighted by atomic mass is 19.4. The SMILES string of the molecule is Cc1cn(-c2ccc3n(c2=O)CCN(CC2CC(C)C(c4ccc(C(F)(F)F)cc4)O2)C3=O)cn1. The van der Waals surface area contributed by atoms with Crippen molar-refractivity contribution in [2.75, 3.05) is 13.1 Å². The van der Waals surface area contributed by atoms with E-state index < -0.39 is 11.7 Å². The molecule has 1 amide bonds. The summed E-state index contributed by atoms with van der Waals surface area (Å²) in [5.41, 5.74) is 1.30. The Bertz CT molecular complexity index is 1310. The number of nitrogens with zero attached hydrogens (tertiary/aromatic N) is 4. The normalized spacial score (nSPS) is 22.5. The van der Waals surface area contributed by atoms with Gasteiger partial charge in [0, 0.05) is 25.8 Å². The van der Waals surface area contributed by atoms with Crippen molar-refractivity contribution < 1.29 is 22.7 Å². The Hall–Kier alpha value is -3.40. The molecule has 0 spiro atoms. The first-order chi connectivity index (χ1) is 16.6. The Morgan fingerprint density at radius 3 is 2.49 bits per heavy atom. The number of hydrogen-bond donors (Lipinski definition) is 0. The number of fused-ring (bicyclic) bond motifs is 1. The van der Waals surface area contributed by atoms with E-state index in [1.165, 1.54) is 16.7 Å². The van der Waals surface area contributed by atoms with Crippen LogP contribution in [0.15, 0.2) is 53.7 Å². The molecule has 3 aromatic rings. The highest BCUT2D eigenvalue weighted by Crippen LogP contribution is 2.39. The zero-order valence-electron chi connectivity index (χ0n) is 19.3. The standard InChI is InChI=1S/C25H25F3N4O3/c1-15-11-19(35-22(15)17-3-5-18(6-4-17)25(26,27)28)13-30-9-10-32-21(23(30)33)8-7-20(24(32)34)31-12-16(2)29-14-31/h3-8,12,14-15,19,22H,9-11,13H2,1-2H3.